The molecule has 112 valence electrons. The maximum Gasteiger partial charge on any atom is 0.139 e. The van der Waals surface area contributed by atoms with Crippen LogP contribution in [0.4, 0.5) is 8.78 Å². The van der Waals surface area contributed by atoms with E-state index in [0.717, 1.165) is 0 Å². The van der Waals surface area contributed by atoms with Gasteiger partial charge in [-0.15, -0.1) is 0 Å². The van der Waals surface area contributed by atoms with Crippen molar-refractivity contribution in [1.82, 2.24) is 4.90 Å². The smallest absolute Gasteiger partial charge is 0.139 e. The standard InChI is InChI=1S/C16H17F2NO2/c1-11-5-4-6-15(19(11)2)16-13(17)9-12(10-14(16)18)21-8-7-20-3/h4-6,9-10H,1,7-8H2,2-3H3. The maximum absolute atomic E-state index is 14.2. The van der Waals surface area contributed by atoms with Crippen molar-refractivity contribution < 1.29 is 18.3 Å². The molecule has 0 saturated heterocycles. The second-order valence-corrected chi connectivity index (χ2v) is 4.56. The van der Waals surface area contributed by atoms with Crippen LogP contribution in [0.3, 0.4) is 0 Å². The van der Waals surface area contributed by atoms with Gasteiger partial charge in [-0.1, -0.05) is 12.7 Å². The van der Waals surface area contributed by atoms with Crippen molar-refractivity contribution in [3.63, 3.8) is 0 Å². The van der Waals surface area contributed by atoms with E-state index in [1.165, 1.54) is 19.2 Å². The zero-order valence-corrected chi connectivity index (χ0v) is 12.0. The van der Waals surface area contributed by atoms with Crippen molar-refractivity contribution in [3.05, 3.63) is 59.8 Å². The van der Waals surface area contributed by atoms with Gasteiger partial charge >= 0.3 is 0 Å². The number of ether oxygens (including phenoxy) is 2. The normalized spacial score (nSPS) is 14.4. The first kappa shape index (κ1) is 15.3. The molecule has 2 rings (SSSR count). The van der Waals surface area contributed by atoms with Crippen molar-refractivity contribution in [1.29, 1.82) is 0 Å². The van der Waals surface area contributed by atoms with E-state index >= 15 is 0 Å². The Morgan fingerprint density at radius 3 is 2.48 bits per heavy atom. The highest BCUT2D eigenvalue weighted by molar-refractivity contribution is 5.70. The van der Waals surface area contributed by atoms with Gasteiger partial charge in [0, 0.05) is 32.0 Å². The Hall–Kier alpha value is -2.14. The molecule has 0 radical (unpaired) electrons. The average Bonchev–Trinajstić information content (AvgIpc) is 2.43. The lowest BCUT2D eigenvalue weighted by atomic mass is 10.1. The van der Waals surface area contributed by atoms with Crippen LogP contribution in [0.2, 0.25) is 0 Å². The van der Waals surface area contributed by atoms with Gasteiger partial charge in [0.05, 0.1) is 17.9 Å². The monoisotopic (exact) mass is 293 g/mol. The summed E-state index contributed by atoms with van der Waals surface area (Å²) in [5, 5.41) is 0. The van der Waals surface area contributed by atoms with Gasteiger partial charge in [-0.05, 0) is 12.2 Å². The van der Waals surface area contributed by atoms with E-state index in [1.54, 1.807) is 30.2 Å². The van der Waals surface area contributed by atoms with E-state index in [-0.39, 0.29) is 17.9 Å². The lowest BCUT2D eigenvalue weighted by molar-refractivity contribution is 0.146. The number of rotatable bonds is 5. The fraction of sp³-hybridized carbons (Fsp3) is 0.250. The fourth-order valence-corrected chi connectivity index (χ4v) is 2.00. The Kier molecular flexibility index (Phi) is 4.75. The van der Waals surface area contributed by atoms with E-state index in [1.807, 2.05) is 0 Å². The van der Waals surface area contributed by atoms with Gasteiger partial charge in [-0.25, -0.2) is 8.78 Å². The summed E-state index contributed by atoms with van der Waals surface area (Å²) in [6.45, 7) is 4.40. The van der Waals surface area contributed by atoms with E-state index < -0.39 is 11.6 Å². The molecule has 0 N–H and O–H groups in total. The first-order chi connectivity index (χ1) is 10.0. The molecule has 0 aliphatic carbocycles. The Morgan fingerprint density at radius 2 is 1.86 bits per heavy atom. The predicted octanol–water partition coefficient (Wildman–Crippen LogP) is 3.35. The molecule has 1 aromatic rings. The molecular weight excluding hydrogens is 276 g/mol. The van der Waals surface area contributed by atoms with E-state index in [2.05, 4.69) is 6.58 Å². The number of methoxy groups -OCH3 is 1. The predicted molar refractivity (Wildman–Crippen MR) is 77.7 cm³/mol. The number of hydrogen-bond acceptors (Lipinski definition) is 3. The summed E-state index contributed by atoms with van der Waals surface area (Å²) < 4.78 is 38.5. The molecule has 0 amide bonds. The Morgan fingerprint density at radius 1 is 1.19 bits per heavy atom. The minimum atomic E-state index is -0.677. The van der Waals surface area contributed by atoms with Crippen molar-refractivity contribution >= 4 is 5.70 Å². The number of hydrogen-bond donors (Lipinski definition) is 0. The molecule has 0 spiro atoms. The van der Waals surface area contributed by atoms with Gasteiger partial charge in [0.2, 0.25) is 0 Å². The fourth-order valence-electron chi connectivity index (χ4n) is 2.00. The second-order valence-electron chi connectivity index (χ2n) is 4.56. The van der Waals surface area contributed by atoms with Gasteiger partial charge in [-0.2, -0.15) is 0 Å². The molecule has 3 nitrogen and oxygen atoms in total. The van der Waals surface area contributed by atoms with Crippen LogP contribution >= 0.6 is 0 Å². The van der Waals surface area contributed by atoms with E-state index in [9.17, 15) is 8.78 Å². The van der Waals surface area contributed by atoms with Crippen LogP contribution in [-0.4, -0.2) is 32.3 Å². The highest BCUT2D eigenvalue weighted by Gasteiger charge is 2.20. The van der Waals surface area contributed by atoms with Crippen LogP contribution in [0.15, 0.2) is 42.6 Å². The van der Waals surface area contributed by atoms with Crippen molar-refractivity contribution in [3.8, 4) is 5.75 Å². The molecule has 0 saturated carbocycles. The van der Waals surface area contributed by atoms with Crippen molar-refractivity contribution in [2.45, 2.75) is 0 Å². The third-order valence-corrected chi connectivity index (χ3v) is 3.16. The number of benzene rings is 1. The zero-order valence-electron chi connectivity index (χ0n) is 12.0. The summed E-state index contributed by atoms with van der Waals surface area (Å²) in [5.74, 6) is -1.22. The SMILES string of the molecule is C=C1C=CC=C(c2c(F)cc(OCCOC)cc2F)N1C. The second kappa shape index (κ2) is 6.54. The van der Waals surface area contributed by atoms with Crippen LogP contribution in [0.25, 0.3) is 5.70 Å². The van der Waals surface area contributed by atoms with Crippen LogP contribution < -0.4 is 4.74 Å². The highest BCUT2D eigenvalue weighted by atomic mass is 19.1. The first-order valence-corrected chi connectivity index (χ1v) is 6.46. The van der Waals surface area contributed by atoms with E-state index in [0.29, 0.717) is 18.0 Å². The maximum atomic E-state index is 14.2. The number of nitrogens with zero attached hydrogens (tertiary/aromatic N) is 1. The summed E-state index contributed by atoms with van der Waals surface area (Å²) in [5.41, 5.74) is 0.981. The largest absolute Gasteiger partial charge is 0.491 e. The molecule has 0 fully saturated rings. The van der Waals surface area contributed by atoms with Crippen LogP contribution in [0, 0.1) is 11.6 Å². The summed E-state index contributed by atoms with van der Waals surface area (Å²) in [6, 6.07) is 2.34. The number of allylic oxidation sites excluding steroid dienone is 3. The Balaban J connectivity index is 2.31. The third-order valence-electron chi connectivity index (χ3n) is 3.16. The summed E-state index contributed by atoms with van der Waals surface area (Å²) >= 11 is 0. The van der Waals surface area contributed by atoms with Crippen LogP contribution in [0.5, 0.6) is 5.75 Å². The summed E-state index contributed by atoms with van der Waals surface area (Å²) in [6.07, 6.45) is 5.11. The molecule has 0 aromatic heterocycles. The topological polar surface area (TPSA) is 21.7 Å². The summed E-state index contributed by atoms with van der Waals surface area (Å²) in [4.78, 5) is 1.63. The molecule has 21 heavy (non-hydrogen) atoms. The average molecular weight is 293 g/mol. The number of halogens is 2. The van der Waals surface area contributed by atoms with Gasteiger partial charge in [-0.3, -0.25) is 0 Å². The van der Waals surface area contributed by atoms with Gasteiger partial charge in [0.25, 0.3) is 0 Å². The zero-order chi connectivity index (χ0) is 15.4. The lowest BCUT2D eigenvalue weighted by Gasteiger charge is -2.26. The first-order valence-electron chi connectivity index (χ1n) is 6.46. The Labute approximate surface area is 122 Å². The molecule has 0 unspecified atom stereocenters. The van der Waals surface area contributed by atoms with Gasteiger partial charge in [0.1, 0.15) is 24.0 Å². The van der Waals surface area contributed by atoms with Gasteiger partial charge < -0.3 is 14.4 Å². The molecule has 5 heteroatoms. The van der Waals surface area contributed by atoms with Crippen LogP contribution in [-0.2, 0) is 4.74 Å². The van der Waals surface area contributed by atoms with Gasteiger partial charge in [0.15, 0.2) is 0 Å². The minimum Gasteiger partial charge on any atom is -0.491 e. The Bertz CT molecular complexity index is 585. The molecule has 1 aliphatic heterocycles. The van der Waals surface area contributed by atoms with Crippen LogP contribution in [0.1, 0.15) is 5.56 Å². The number of likely N-dealkylation sites (N-methyl/N-ethyl adjacent to an activating group) is 1. The van der Waals surface area contributed by atoms with Crippen molar-refractivity contribution in [2.75, 3.05) is 27.4 Å². The molecular formula is C16H17F2NO2. The quantitative estimate of drug-likeness (QED) is 0.777. The summed E-state index contributed by atoms with van der Waals surface area (Å²) in [7, 11) is 3.24. The highest BCUT2D eigenvalue weighted by Crippen LogP contribution is 2.31. The van der Waals surface area contributed by atoms with Crippen molar-refractivity contribution in [2.24, 2.45) is 0 Å². The molecule has 0 atom stereocenters. The molecule has 1 aliphatic rings. The molecule has 1 heterocycles. The minimum absolute atomic E-state index is 0.0953. The third kappa shape index (κ3) is 3.31. The molecule has 1 aromatic carbocycles. The van der Waals surface area contributed by atoms with E-state index in [4.69, 9.17) is 9.47 Å². The molecule has 0 bridgehead atoms. The lowest BCUT2D eigenvalue weighted by Crippen LogP contribution is -2.18.